The van der Waals surface area contributed by atoms with E-state index in [0.717, 1.165) is 30.5 Å². The van der Waals surface area contributed by atoms with E-state index >= 15 is 0 Å². The first-order chi connectivity index (χ1) is 9.81. The Morgan fingerprint density at radius 2 is 1.60 bits per heavy atom. The Labute approximate surface area is 130 Å². The third-order valence-corrected chi connectivity index (χ3v) is 4.37. The summed E-state index contributed by atoms with van der Waals surface area (Å²) >= 11 is 3.52. The van der Waals surface area contributed by atoms with Crippen LogP contribution in [0.1, 0.15) is 24.5 Å². The number of alkyl halides is 1. The molecule has 0 N–H and O–H groups in total. The number of halogens is 1. The summed E-state index contributed by atoms with van der Waals surface area (Å²) in [6.45, 7) is 2.97. The van der Waals surface area contributed by atoms with Crippen molar-refractivity contribution in [2.24, 2.45) is 5.92 Å². The standard InChI is InChI=1S/C18H21BrO/c1-2-15(13-19)14-20-18-10-8-17(9-11-18)12-16-6-4-3-5-7-16/h3-11,15H,2,12-14H2,1H3. The molecule has 0 radical (unpaired) electrons. The molecule has 20 heavy (non-hydrogen) atoms. The van der Waals surface area contributed by atoms with Crippen LogP contribution >= 0.6 is 15.9 Å². The van der Waals surface area contributed by atoms with Crippen molar-refractivity contribution in [3.05, 3.63) is 65.7 Å². The summed E-state index contributed by atoms with van der Waals surface area (Å²) in [5, 5.41) is 0.996. The quantitative estimate of drug-likeness (QED) is 0.642. The molecule has 2 heteroatoms. The summed E-state index contributed by atoms with van der Waals surface area (Å²) in [5.41, 5.74) is 2.66. The van der Waals surface area contributed by atoms with Crippen LogP contribution in [0.3, 0.4) is 0 Å². The van der Waals surface area contributed by atoms with Crippen LogP contribution in [0.5, 0.6) is 5.75 Å². The van der Waals surface area contributed by atoms with Gasteiger partial charge in [0.1, 0.15) is 5.75 Å². The lowest BCUT2D eigenvalue weighted by Crippen LogP contribution is -2.12. The molecule has 0 spiro atoms. The molecule has 0 fully saturated rings. The molecule has 1 unspecified atom stereocenters. The summed E-state index contributed by atoms with van der Waals surface area (Å²) in [4.78, 5) is 0. The fraction of sp³-hybridized carbons (Fsp3) is 0.333. The van der Waals surface area contributed by atoms with E-state index in [1.54, 1.807) is 0 Å². The molecule has 0 aliphatic rings. The second-order valence-electron chi connectivity index (χ2n) is 5.05. The Morgan fingerprint density at radius 3 is 2.20 bits per heavy atom. The third-order valence-electron chi connectivity index (χ3n) is 3.46. The summed E-state index contributed by atoms with van der Waals surface area (Å²) in [6.07, 6.45) is 2.11. The van der Waals surface area contributed by atoms with E-state index in [2.05, 4.69) is 77.5 Å². The molecule has 0 bridgehead atoms. The molecule has 106 valence electrons. The maximum absolute atomic E-state index is 5.83. The van der Waals surface area contributed by atoms with Crippen LogP contribution in [0.2, 0.25) is 0 Å². The van der Waals surface area contributed by atoms with E-state index in [1.165, 1.54) is 11.1 Å². The van der Waals surface area contributed by atoms with Gasteiger partial charge in [-0.25, -0.2) is 0 Å². The number of hydrogen-bond donors (Lipinski definition) is 0. The average molecular weight is 333 g/mol. The van der Waals surface area contributed by atoms with Gasteiger partial charge in [0.15, 0.2) is 0 Å². The second-order valence-corrected chi connectivity index (χ2v) is 5.69. The Bertz CT molecular complexity index is 489. The molecule has 0 saturated carbocycles. The van der Waals surface area contributed by atoms with Gasteiger partial charge in [-0.1, -0.05) is 65.3 Å². The molecule has 0 aliphatic carbocycles. The molecule has 2 aromatic rings. The normalized spacial score (nSPS) is 12.1. The van der Waals surface area contributed by atoms with E-state index < -0.39 is 0 Å². The van der Waals surface area contributed by atoms with Gasteiger partial charge in [0.05, 0.1) is 6.61 Å². The predicted octanol–water partition coefficient (Wildman–Crippen LogP) is 5.08. The van der Waals surface area contributed by atoms with Crippen molar-refractivity contribution in [3.8, 4) is 5.75 Å². The topological polar surface area (TPSA) is 9.23 Å². The monoisotopic (exact) mass is 332 g/mol. The van der Waals surface area contributed by atoms with Gasteiger partial charge in [-0.2, -0.15) is 0 Å². The minimum Gasteiger partial charge on any atom is -0.493 e. The Kier molecular flexibility index (Phi) is 6.13. The molecule has 0 saturated heterocycles. The van der Waals surface area contributed by atoms with Crippen molar-refractivity contribution in [2.45, 2.75) is 19.8 Å². The van der Waals surface area contributed by atoms with Crippen LogP contribution in [0.4, 0.5) is 0 Å². The molecular formula is C18H21BrO. The van der Waals surface area contributed by atoms with Gasteiger partial charge >= 0.3 is 0 Å². The molecule has 1 nitrogen and oxygen atoms in total. The summed E-state index contributed by atoms with van der Waals surface area (Å²) in [5.74, 6) is 1.54. The van der Waals surface area contributed by atoms with Crippen LogP contribution in [0, 0.1) is 5.92 Å². The van der Waals surface area contributed by atoms with Crippen molar-refractivity contribution in [2.75, 3.05) is 11.9 Å². The highest BCUT2D eigenvalue weighted by atomic mass is 79.9. The predicted molar refractivity (Wildman–Crippen MR) is 88.8 cm³/mol. The second kappa shape index (κ2) is 8.11. The highest BCUT2D eigenvalue weighted by Crippen LogP contribution is 2.17. The van der Waals surface area contributed by atoms with Crippen molar-refractivity contribution < 1.29 is 4.74 Å². The van der Waals surface area contributed by atoms with Crippen molar-refractivity contribution in [3.63, 3.8) is 0 Å². The summed E-state index contributed by atoms with van der Waals surface area (Å²) in [7, 11) is 0. The average Bonchev–Trinajstić information content (AvgIpc) is 2.51. The molecule has 0 heterocycles. The Morgan fingerprint density at radius 1 is 0.950 bits per heavy atom. The smallest absolute Gasteiger partial charge is 0.119 e. The van der Waals surface area contributed by atoms with Gasteiger partial charge in [-0.15, -0.1) is 0 Å². The van der Waals surface area contributed by atoms with Crippen LogP contribution in [0.15, 0.2) is 54.6 Å². The lowest BCUT2D eigenvalue weighted by Gasteiger charge is -2.13. The van der Waals surface area contributed by atoms with E-state index in [9.17, 15) is 0 Å². The van der Waals surface area contributed by atoms with E-state index in [-0.39, 0.29) is 0 Å². The number of ether oxygens (including phenoxy) is 1. The molecular weight excluding hydrogens is 312 g/mol. The van der Waals surface area contributed by atoms with E-state index in [0.29, 0.717) is 5.92 Å². The first-order valence-corrected chi connectivity index (χ1v) is 8.25. The fourth-order valence-electron chi connectivity index (χ4n) is 2.02. The summed E-state index contributed by atoms with van der Waals surface area (Å²) < 4.78 is 5.83. The molecule has 1 atom stereocenters. The zero-order chi connectivity index (χ0) is 14.2. The number of benzene rings is 2. The lowest BCUT2D eigenvalue weighted by molar-refractivity contribution is 0.260. The van der Waals surface area contributed by atoms with Crippen molar-refractivity contribution in [1.29, 1.82) is 0 Å². The zero-order valence-electron chi connectivity index (χ0n) is 11.9. The minimum absolute atomic E-state index is 0.582. The maximum atomic E-state index is 5.83. The Balaban J connectivity index is 1.90. The molecule has 2 aromatic carbocycles. The SMILES string of the molecule is CCC(CBr)COc1ccc(Cc2ccccc2)cc1. The number of rotatable bonds is 7. The van der Waals surface area contributed by atoms with Crippen molar-refractivity contribution in [1.82, 2.24) is 0 Å². The summed E-state index contributed by atoms with van der Waals surface area (Å²) in [6, 6.07) is 19.0. The highest BCUT2D eigenvalue weighted by molar-refractivity contribution is 9.09. The molecule has 0 aromatic heterocycles. The molecule has 0 aliphatic heterocycles. The lowest BCUT2D eigenvalue weighted by atomic mass is 10.1. The van der Waals surface area contributed by atoms with Gasteiger partial charge in [0.2, 0.25) is 0 Å². The molecule has 2 rings (SSSR count). The van der Waals surface area contributed by atoms with Gasteiger partial charge in [-0.3, -0.25) is 0 Å². The number of hydrogen-bond acceptors (Lipinski definition) is 1. The minimum atomic E-state index is 0.582. The van der Waals surface area contributed by atoms with Crippen LogP contribution in [-0.2, 0) is 6.42 Å². The van der Waals surface area contributed by atoms with Gasteiger partial charge in [0, 0.05) is 11.2 Å². The first-order valence-electron chi connectivity index (χ1n) is 7.13. The van der Waals surface area contributed by atoms with Crippen molar-refractivity contribution >= 4 is 15.9 Å². The highest BCUT2D eigenvalue weighted by Gasteiger charge is 2.05. The van der Waals surface area contributed by atoms with Crippen LogP contribution < -0.4 is 4.74 Å². The van der Waals surface area contributed by atoms with Gasteiger partial charge < -0.3 is 4.74 Å². The van der Waals surface area contributed by atoms with E-state index in [4.69, 9.17) is 4.74 Å². The maximum Gasteiger partial charge on any atom is 0.119 e. The fourth-order valence-corrected chi connectivity index (χ4v) is 2.67. The van der Waals surface area contributed by atoms with Gasteiger partial charge in [0.25, 0.3) is 0 Å². The largest absolute Gasteiger partial charge is 0.493 e. The Hall–Kier alpha value is -1.28. The van der Waals surface area contributed by atoms with Crippen LogP contribution in [-0.4, -0.2) is 11.9 Å². The van der Waals surface area contributed by atoms with E-state index in [1.807, 2.05) is 0 Å². The first kappa shape index (κ1) is 15.1. The molecule has 0 amide bonds. The van der Waals surface area contributed by atoms with Gasteiger partial charge in [-0.05, 0) is 36.1 Å². The van der Waals surface area contributed by atoms with Crippen LogP contribution in [0.25, 0.3) is 0 Å². The zero-order valence-corrected chi connectivity index (χ0v) is 13.5. The third kappa shape index (κ3) is 4.68.